The highest BCUT2D eigenvalue weighted by molar-refractivity contribution is 7.48. The van der Waals surface area contributed by atoms with Crippen LogP contribution in [0.5, 0.6) is 0 Å². The van der Waals surface area contributed by atoms with Crippen molar-refractivity contribution in [3.8, 4) is 11.1 Å². The molecule has 2 atom stereocenters. The monoisotopic (exact) mass is 647 g/mol. The Hall–Kier alpha value is -3.74. The van der Waals surface area contributed by atoms with Gasteiger partial charge < -0.3 is 30.5 Å². The summed E-state index contributed by atoms with van der Waals surface area (Å²) in [6, 6.07) is 14.4. The molecule has 246 valence electrons. The minimum atomic E-state index is -4.29. The zero-order valence-corrected chi connectivity index (χ0v) is 26.7. The molecule has 3 rings (SSSR count). The Kier molecular flexibility index (Phi) is 13.6. The van der Waals surface area contributed by atoms with Crippen LogP contribution in [-0.2, 0) is 32.4 Å². The number of ether oxygens (including phenoxy) is 2. The fourth-order valence-corrected chi connectivity index (χ4v) is 5.58. The Bertz CT molecular complexity index is 1320. The molecular formula is C31H42N3O10P. The number of rotatable bonds is 17. The predicted molar refractivity (Wildman–Crippen MR) is 167 cm³/mol. The SMILES string of the molecule is C=CCOP(=O)(OCCNC(=O)OC(C)(C)C)OCC(NC(=O)OCC1c2ccccc2-c2ccccc21)C(=O)NCCCO. The van der Waals surface area contributed by atoms with E-state index in [0.717, 1.165) is 22.3 Å². The van der Waals surface area contributed by atoms with E-state index in [1.165, 1.54) is 6.08 Å². The number of carbonyl (C=O) groups excluding carboxylic acids is 3. The maximum absolute atomic E-state index is 13.3. The van der Waals surface area contributed by atoms with Crippen LogP contribution in [-0.4, -0.2) is 81.0 Å². The Morgan fingerprint density at radius 1 is 0.956 bits per heavy atom. The number of nitrogens with one attached hydrogen (secondary N) is 3. The Morgan fingerprint density at radius 3 is 2.20 bits per heavy atom. The van der Waals surface area contributed by atoms with Crippen molar-refractivity contribution in [1.29, 1.82) is 0 Å². The summed E-state index contributed by atoms with van der Waals surface area (Å²) < 4.78 is 39.9. The summed E-state index contributed by atoms with van der Waals surface area (Å²) in [5, 5.41) is 16.6. The average molecular weight is 648 g/mol. The van der Waals surface area contributed by atoms with Crippen molar-refractivity contribution in [2.45, 2.75) is 44.8 Å². The van der Waals surface area contributed by atoms with Crippen LogP contribution in [0.3, 0.4) is 0 Å². The number of hydrogen-bond acceptors (Lipinski definition) is 10. The third-order valence-electron chi connectivity index (χ3n) is 6.36. The number of alkyl carbamates (subject to hydrolysis) is 2. The highest BCUT2D eigenvalue weighted by Crippen LogP contribution is 2.49. The lowest BCUT2D eigenvalue weighted by Crippen LogP contribution is -2.49. The van der Waals surface area contributed by atoms with Crippen LogP contribution in [0.2, 0.25) is 0 Å². The lowest BCUT2D eigenvalue weighted by molar-refractivity contribution is -0.123. The number of phosphoric ester groups is 1. The second kappa shape index (κ2) is 17.1. The quantitative estimate of drug-likeness (QED) is 0.111. The summed E-state index contributed by atoms with van der Waals surface area (Å²) >= 11 is 0. The smallest absolute Gasteiger partial charge is 0.449 e. The molecule has 0 aromatic heterocycles. The topological polar surface area (TPSA) is 171 Å². The van der Waals surface area contributed by atoms with Crippen LogP contribution in [0.15, 0.2) is 61.2 Å². The fraction of sp³-hybridized carbons (Fsp3) is 0.452. The summed E-state index contributed by atoms with van der Waals surface area (Å²) in [4.78, 5) is 37.7. The van der Waals surface area contributed by atoms with Crippen LogP contribution in [0.1, 0.15) is 44.2 Å². The van der Waals surface area contributed by atoms with E-state index in [9.17, 15) is 18.9 Å². The molecule has 0 heterocycles. The van der Waals surface area contributed by atoms with Gasteiger partial charge in [0.2, 0.25) is 5.91 Å². The van der Waals surface area contributed by atoms with Gasteiger partial charge in [-0.05, 0) is 49.4 Å². The molecule has 0 spiro atoms. The van der Waals surface area contributed by atoms with E-state index >= 15 is 0 Å². The Balaban J connectivity index is 1.62. The third-order valence-corrected chi connectivity index (χ3v) is 7.79. The van der Waals surface area contributed by atoms with Crippen LogP contribution in [0.4, 0.5) is 9.59 Å². The van der Waals surface area contributed by atoms with Crippen molar-refractivity contribution in [3.63, 3.8) is 0 Å². The Labute approximate surface area is 263 Å². The highest BCUT2D eigenvalue weighted by Gasteiger charge is 2.33. The van der Waals surface area contributed by atoms with Gasteiger partial charge in [-0.25, -0.2) is 14.2 Å². The van der Waals surface area contributed by atoms with E-state index in [0.29, 0.717) is 0 Å². The number of aliphatic hydroxyl groups is 1. The van der Waals surface area contributed by atoms with E-state index in [-0.39, 0.29) is 51.9 Å². The van der Waals surface area contributed by atoms with Crippen molar-refractivity contribution in [3.05, 3.63) is 72.3 Å². The summed E-state index contributed by atoms with van der Waals surface area (Å²) in [5.74, 6) is -0.870. The number of fused-ring (bicyclic) bond motifs is 3. The van der Waals surface area contributed by atoms with Crippen molar-refractivity contribution >= 4 is 25.9 Å². The van der Waals surface area contributed by atoms with E-state index in [2.05, 4.69) is 22.5 Å². The van der Waals surface area contributed by atoms with Crippen LogP contribution in [0.25, 0.3) is 11.1 Å². The van der Waals surface area contributed by atoms with Crippen LogP contribution < -0.4 is 16.0 Å². The van der Waals surface area contributed by atoms with Gasteiger partial charge in [0.1, 0.15) is 18.2 Å². The van der Waals surface area contributed by atoms with E-state index < -0.39 is 44.2 Å². The molecule has 2 unspecified atom stereocenters. The number of benzene rings is 2. The van der Waals surface area contributed by atoms with Gasteiger partial charge in [-0.2, -0.15) is 0 Å². The molecule has 14 heteroatoms. The Morgan fingerprint density at radius 2 is 1.60 bits per heavy atom. The lowest BCUT2D eigenvalue weighted by Gasteiger charge is -2.23. The van der Waals surface area contributed by atoms with Gasteiger partial charge in [-0.1, -0.05) is 54.6 Å². The van der Waals surface area contributed by atoms with Gasteiger partial charge in [0.25, 0.3) is 0 Å². The first-order valence-electron chi connectivity index (χ1n) is 14.6. The molecule has 0 saturated heterocycles. The number of amides is 3. The third kappa shape index (κ3) is 11.3. The zero-order chi connectivity index (χ0) is 32.9. The van der Waals surface area contributed by atoms with Gasteiger partial charge in [0.05, 0.1) is 19.8 Å². The van der Waals surface area contributed by atoms with Crippen molar-refractivity contribution in [2.75, 3.05) is 46.1 Å². The van der Waals surface area contributed by atoms with E-state index in [1.54, 1.807) is 20.8 Å². The number of aliphatic hydroxyl groups excluding tert-OH is 1. The molecule has 0 bridgehead atoms. The lowest BCUT2D eigenvalue weighted by atomic mass is 9.98. The summed E-state index contributed by atoms with van der Waals surface area (Å²) in [6.45, 7) is 7.45. The first-order valence-corrected chi connectivity index (χ1v) is 16.0. The molecule has 0 aliphatic heterocycles. The van der Waals surface area contributed by atoms with Gasteiger partial charge in [0, 0.05) is 25.6 Å². The molecule has 0 radical (unpaired) electrons. The van der Waals surface area contributed by atoms with Gasteiger partial charge in [-0.15, -0.1) is 6.58 Å². The first kappa shape index (κ1) is 35.7. The molecule has 0 saturated carbocycles. The van der Waals surface area contributed by atoms with Gasteiger partial charge >= 0.3 is 20.0 Å². The van der Waals surface area contributed by atoms with E-state index in [4.69, 9.17) is 28.2 Å². The average Bonchev–Trinajstić information content (AvgIpc) is 3.32. The number of carbonyl (C=O) groups is 3. The fourth-order valence-electron chi connectivity index (χ4n) is 4.43. The molecule has 0 fully saturated rings. The molecule has 45 heavy (non-hydrogen) atoms. The molecule has 1 aliphatic rings. The molecule has 4 N–H and O–H groups in total. The van der Waals surface area contributed by atoms with Crippen LogP contribution in [0, 0.1) is 0 Å². The second-order valence-corrected chi connectivity index (χ2v) is 12.6. The molecular weight excluding hydrogens is 605 g/mol. The summed E-state index contributed by atoms with van der Waals surface area (Å²) in [7, 11) is -4.29. The number of phosphoric acid groups is 1. The highest BCUT2D eigenvalue weighted by atomic mass is 31.2. The second-order valence-electron chi connectivity index (χ2n) is 11.0. The van der Waals surface area contributed by atoms with Gasteiger partial charge in [-0.3, -0.25) is 18.4 Å². The molecule has 13 nitrogen and oxygen atoms in total. The van der Waals surface area contributed by atoms with Crippen LogP contribution >= 0.6 is 7.82 Å². The van der Waals surface area contributed by atoms with Crippen molar-refractivity contribution in [1.82, 2.24) is 16.0 Å². The standard InChI is InChI=1S/C31H42N3O10P/c1-5-18-41-45(39,42-19-16-33-29(37)44-31(2,3)4)43-21-27(28(36)32-15-10-17-35)34-30(38)40-20-26-24-13-8-6-11-22(24)23-12-7-9-14-25(23)26/h5-9,11-14,26-27,35H,1,10,15-21H2,2-4H3,(H,32,36)(H,33,37)(H,34,38). The van der Waals surface area contributed by atoms with E-state index in [1.807, 2.05) is 48.5 Å². The normalized spacial score (nSPS) is 14.3. The van der Waals surface area contributed by atoms with Crippen molar-refractivity contribution < 1.29 is 47.1 Å². The molecule has 1 aliphatic carbocycles. The maximum atomic E-state index is 13.3. The molecule has 2 aromatic rings. The largest absolute Gasteiger partial charge is 0.475 e. The minimum absolute atomic E-state index is 0.00820. The summed E-state index contributed by atoms with van der Waals surface area (Å²) in [5.41, 5.74) is 3.46. The maximum Gasteiger partial charge on any atom is 0.475 e. The minimum Gasteiger partial charge on any atom is -0.449 e. The van der Waals surface area contributed by atoms with Gasteiger partial charge in [0.15, 0.2) is 0 Å². The van der Waals surface area contributed by atoms with Crippen molar-refractivity contribution in [2.24, 2.45) is 0 Å². The summed E-state index contributed by atoms with van der Waals surface area (Å²) in [6.07, 6.45) is 0.0125. The molecule has 2 aromatic carbocycles. The zero-order valence-electron chi connectivity index (χ0n) is 25.8. The first-order chi connectivity index (χ1) is 21.5. The number of hydrogen-bond donors (Lipinski definition) is 4. The molecule has 3 amide bonds. The predicted octanol–water partition coefficient (Wildman–Crippen LogP) is 4.26.